The van der Waals surface area contributed by atoms with Crippen LogP contribution in [0, 0.1) is 0 Å². The van der Waals surface area contributed by atoms with Crippen molar-refractivity contribution in [2.45, 2.75) is 13.1 Å². The summed E-state index contributed by atoms with van der Waals surface area (Å²) in [5, 5.41) is -0.0356. The van der Waals surface area contributed by atoms with E-state index < -0.39 is 17.7 Å². The van der Waals surface area contributed by atoms with Crippen LogP contribution in [0.2, 0.25) is 5.02 Å². The molecule has 0 aliphatic carbocycles. The molecule has 1 aromatic heterocycles. The Bertz CT molecular complexity index is 670. The van der Waals surface area contributed by atoms with Crippen LogP contribution in [-0.2, 0) is 10.9 Å². The predicted molar refractivity (Wildman–Crippen MR) is 67.7 cm³/mol. The van der Waals surface area contributed by atoms with E-state index in [1.54, 1.807) is 6.92 Å². The highest BCUT2D eigenvalue weighted by Gasteiger charge is 2.33. The third-order valence-electron chi connectivity index (χ3n) is 2.63. The molecule has 3 nitrogen and oxygen atoms in total. The molecule has 0 aliphatic heterocycles. The van der Waals surface area contributed by atoms with Crippen molar-refractivity contribution >= 4 is 28.5 Å². The molecule has 0 amide bonds. The number of aromatic nitrogens is 1. The van der Waals surface area contributed by atoms with Crippen LogP contribution in [0.5, 0.6) is 0 Å². The van der Waals surface area contributed by atoms with Gasteiger partial charge >= 0.3 is 12.1 Å². The van der Waals surface area contributed by atoms with E-state index in [1.165, 1.54) is 12.1 Å². The molecule has 106 valence electrons. The largest absolute Gasteiger partial charge is 0.462 e. The number of para-hydroxylation sites is 1. The lowest BCUT2D eigenvalue weighted by Crippen LogP contribution is -2.09. The van der Waals surface area contributed by atoms with Crippen LogP contribution >= 0.6 is 11.6 Å². The third kappa shape index (κ3) is 2.56. The van der Waals surface area contributed by atoms with Gasteiger partial charge in [-0.15, -0.1) is 0 Å². The van der Waals surface area contributed by atoms with Crippen LogP contribution in [0.25, 0.3) is 10.9 Å². The van der Waals surface area contributed by atoms with Gasteiger partial charge in [-0.25, -0.2) is 4.79 Å². The standard InChI is InChI=1S/C13H9ClF3NO2/c1-2-20-12(19)8-6-18-11-7(10(8)14)4-3-5-9(11)13(15,16)17/h3-6H,2H2,1H3. The first-order chi connectivity index (χ1) is 9.36. The summed E-state index contributed by atoms with van der Waals surface area (Å²) < 4.78 is 43.3. The number of nitrogens with zero attached hydrogens (tertiary/aromatic N) is 1. The Hall–Kier alpha value is -1.82. The van der Waals surface area contributed by atoms with Crippen molar-refractivity contribution in [3.05, 3.63) is 40.5 Å². The summed E-state index contributed by atoms with van der Waals surface area (Å²) in [5.74, 6) is -0.718. The van der Waals surface area contributed by atoms with E-state index in [9.17, 15) is 18.0 Å². The summed E-state index contributed by atoms with van der Waals surface area (Å²) in [6, 6.07) is 3.51. The van der Waals surface area contributed by atoms with E-state index in [0.717, 1.165) is 12.3 Å². The Morgan fingerprint density at radius 2 is 2.10 bits per heavy atom. The van der Waals surface area contributed by atoms with Crippen LogP contribution in [-0.4, -0.2) is 17.6 Å². The second-order valence-electron chi connectivity index (χ2n) is 3.91. The highest BCUT2D eigenvalue weighted by atomic mass is 35.5. The number of carbonyl (C=O) groups excluding carboxylic acids is 1. The fourth-order valence-electron chi connectivity index (χ4n) is 1.77. The summed E-state index contributed by atoms with van der Waals surface area (Å²) in [4.78, 5) is 15.3. The zero-order valence-electron chi connectivity index (χ0n) is 10.3. The molecule has 0 fully saturated rings. The van der Waals surface area contributed by atoms with Crippen LogP contribution in [0.4, 0.5) is 13.2 Å². The molecule has 0 saturated carbocycles. The molecule has 0 N–H and O–H groups in total. The molecule has 7 heteroatoms. The number of esters is 1. The van der Waals surface area contributed by atoms with Gasteiger partial charge in [-0.3, -0.25) is 4.98 Å². The first-order valence-electron chi connectivity index (χ1n) is 5.67. The average molecular weight is 304 g/mol. The summed E-state index contributed by atoms with van der Waals surface area (Å²) in [7, 11) is 0. The fraction of sp³-hybridized carbons (Fsp3) is 0.231. The van der Waals surface area contributed by atoms with Gasteiger partial charge in [-0.05, 0) is 13.0 Å². The molecule has 0 saturated heterocycles. The molecule has 1 heterocycles. The highest BCUT2D eigenvalue weighted by Crippen LogP contribution is 2.36. The van der Waals surface area contributed by atoms with Crippen LogP contribution in [0.3, 0.4) is 0 Å². The Kier molecular flexibility index (Phi) is 3.85. The number of hydrogen-bond donors (Lipinski definition) is 0. The molecule has 2 aromatic rings. The van der Waals surface area contributed by atoms with E-state index in [4.69, 9.17) is 16.3 Å². The second-order valence-corrected chi connectivity index (χ2v) is 4.28. The number of halogens is 4. The Balaban J connectivity index is 2.67. The molecular formula is C13H9ClF3NO2. The topological polar surface area (TPSA) is 39.2 Å². The van der Waals surface area contributed by atoms with Crippen molar-refractivity contribution in [3.8, 4) is 0 Å². The molecular weight excluding hydrogens is 295 g/mol. The van der Waals surface area contributed by atoms with Gasteiger partial charge in [0.15, 0.2) is 0 Å². The van der Waals surface area contributed by atoms with Gasteiger partial charge in [0.05, 0.1) is 28.3 Å². The minimum Gasteiger partial charge on any atom is -0.462 e. The predicted octanol–water partition coefficient (Wildman–Crippen LogP) is 4.08. The van der Waals surface area contributed by atoms with E-state index in [-0.39, 0.29) is 28.1 Å². The highest BCUT2D eigenvalue weighted by molar-refractivity contribution is 6.38. The maximum Gasteiger partial charge on any atom is 0.418 e. The quantitative estimate of drug-likeness (QED) is 0.785. The van der Waals surface area contributed by atoms with E-state index in [1.807, 2.05) is 0 Å². The number of ether oxygens (including phenoxy) is 1. The minimum atomic E-state index is -4.54. The molecule has 0 bridgehead atoms. The first kappa shape index (κ1) is 14.6. The van der Waals surface area contributed by atoms with Crippen molar-refractivity contribution in [1.82, 2.24) is 4.98 Å². The average Bonchev–Trinajstić information content (AvgIpc) is 2.37. The van der Waals surface area contributed by atoms with Gasteiger partial charge in [0.1, 0.15) is 0 Å². The van der Waals surface area contributed by atoms with Crippen molar-refractivity contribution in [3.63, 3.8) is 0 Å². The number of hydrogen-bond acceptors (Lipinski definition) is 3. The molecule has 1 aromatic carbocycles. The SMILES string of the molecule is CCOC(=O)c1cnc2c(C(F)(F)F)cccc2c1Cl. The van der Waals surface area contributed by atoms with Gasteiger partial charge in [0, 0.05) is 11.6 Å². The number of rotatable bonds is 2. The number of pyridine rings is 1. The monoisotopic (exact) mass is 303 g/mol. The van der Waals surface area contributed by atoms with Gasteiger partial charge in [-0.1, -0.05) is 23.7 Å². The molecule has 2 rings (SSSR count). The van der Waals surface area contributed by atoms with Crippen molar-refractivity contribution in [2.24, 2.45) is 0 Å². The normalized spacial score (nSPS) is 11.7. The van der Waals surface area contributed by atoms with Gasteiger partial charge < -0.3 is 4.74 Å². The second kappa shape index (κ2) is 5.28. The molecule has 0 aliphatic rings. The lowest BCUT2D eigenvalue weighted by atomic mass is 10.1. The Labute approximate surface area is 117 Å². The molecule has 0 radical (unpaired) electrons. The minimum absolute atomic E-state index is 0.0552. The van der Waals surface area contributed by atoms with Gasteiger partial charge in [0.25, 0.3) is 0 Å². The summed E-state index contributed by atoms with van der Waals surface area (Å²) in [5.41, 5.74) is -1.24. The maximum absolute atomic E-state index is 12.9. The zero-order chi connectivity index (χ0) is 14.9. The van der Waals surface area contributed by atoms with Crippen LogP contribution in [0.15, 0.2) is 24.4 Å². The fourth-order valence-corrected chi connectivity index (χ4v) is 2.05. The molecule has 20 heavy (non-hydrogen) atoms. The molecule has 0 unspecified atom stereocenters. The van der Waals surface area contributed by atoms with E-state index in [2.05, 4.69) is 4.98 Å². The number of carbonyl (C=O) groups is 1. The Morgan fingerprint density at radius 1 is 1.40 bits per heavy atom. The maximum atomic E-state index is 12.9. The molecule has 0 atom stereocenters. The number of alkyl halides is 3. The van der Waals surface area contributed by atoms with E-state index >= 15 is 0 Å². The van der Waals surface area contributed by atoms with Crippen molar-refractivity contribution < 1.29 is 22.7 Å². The lowest BCUT2D eigenvalue weighted by Gasteiger charge is -2.11. The van der Waals surface area contributed by atoms with Crippen molar-refractivity contribution in [2.75, 3.05) is 6.61 Å². The number of benzene rings is 1. The Morgan fingerprint density at radius 3 is 2.70 bits per heavy atom. The lowest BCUT2D eigenvalue weighted by molar-refractivity contribution is -0.136. The first-order valence-corrected chi connectivity index (χ1v) is 6.05. The number of fused-ring (bicyclic) bond motifs is 1. The summed E-state index contributed by atoms with van der Waals surface area (Å²) in [6.07, 6.45) is -3.54. The van der Waals surface area contributed by atoms with Crippen LogP contribution in [0.1, 0.15) is 22.8 Å². The van der Waals surface area contributed by atoms with Crippen LogP contribution < -0.4 is 0 Å². The van der Waals surface area contributed by atoms with Crippen molar-refractivity contribution in [1.29, 1.82) is 0 Å². The molecule has 0 spiro atoms. The summed E-state index contributed by atoms with van der Waals surface area (Å²) >= 11 is 5.99. The van der Waals surface area contributed by atoms with E-state index in [0.29, 0.717) is 0 Å². The summed E-state index contributed by atoms with van der Waals surface area (Å²) in [6.45, 7) is 1.75. The van der Waals surface area contributed by atoms with Gasteiger partial charge in [0.2, 0.25) is 0 Å². The van der Waals surface area contributed by atoms with Gasteiger partial charge in [-0.2, -0.15) is 13.2 Å². The smallest absolute Gasteiger partial charge is 0.418 e. The third-order valence-corrected chi connectivity index (χ3v) is 3.04. The zero-order valence-corrected chi connectivity index (χ0v) is 11.0.